The van der Waals surface area contributed by atoms with Crippen LogP contribution in [0.2, 0.25) is 0 Å². The highest BCUT2D eigenvalue weighted by Crippen LogP contribution is 2.39. The first kappa shape index (κ1) is 14.1. The monoisotopic (exact) mass is 309 g/mol. The van der Waals surface area contributed by atoms with Crippen molar-refractivity contribution in [2.45, 2.75) is 45.1 Å². The highest BCUT2D eigenvalue weighted by molar-refractivity contribution is 5.93. The van der Waals surface area contributed by atoms with Crippen molar-refractivity contribution in [3.8, 4) is 0 Å². The third-order valence-electron chi connectivity index (χ3n) is 4.20. The number of carbonyl (C=O) groups is 1. The van der Waals surface area contributed by atoms with Crippen LogP contribution in [-0.4, -0.2) is 30.2 Å². The van der Waals surface area contributed by atoms with Crippen LogP contribution in [0.25, 0.3) is 5.65 Å². The van der Waals surface area contributed by atoms with E-state index in [0.29, 0.717) is 18.7 Å². The summed E-state index contributed by atoms with van der Waals surface area (Å²) in [4.78, 5) is 16.4. The van der Waals surface area contributed by atoms with Crippen molar-refractivity contribution >= 4 is 11.4 Å². The van der Waals surface area contributed by atoms with Gasteiger partial charge in [-0.1, -0.05) is 18.2 Å². The number of imidazole rings is 1. The third kappa shape index (κ3) is 2.88. The second kappa shape index (κ2) is 5.61. The van der Waals surface area contributed by atoms with E-state index < -0.39 is 0 Å². The largest absolute Gasteiger partial charge is 0.306 e. The molecule has 1 aliphatic carbocycles. The normalized spacial score (nSPS) is 14.5. The summed E-state index contributed by atoms with van der Waals surface area (Å²) >= 11 is 0. The summed E-state index contributed by atoms with van der Waals surface area (Å²) in [7, 11) is 0. The molecule has 1 aliphatic rings. The van der Waals surface area contributed by atoms with E-state index in [9.17, 15) is 4.79 Å². The molecule has 3 heterocycles. The van der Waals surface area contributed by atoms with Crippen molar-refractivity contribution in [3.63, 3.8) is 0 Å². The maximum atomic E-state index is 11.8. The first-order chi connectivity index (χ1) is 11.2. The van der Waals surface area contributed by atoms with Gasteiger partial charge in [-0.3, -0.25) is 4.79 Å². The van der Waals surface area contributed by atoms with Gasteiger partial charge in [0.1, 0.15) is 11.3 Å². The van der Waals surface area contributed by atoms with Crippen molar-refractivity contribution in [1.82, 2.24) is 24.4 Å². The van der Waals surface area contributed by atoms with Crippen molar-refractivity contribution in [2.24, 2.45) is 0 Å². The Bertz CT molecular complexity index is 859. The first-order valence-electron chi connectivity index (χ1n) is 8.14. The Hall–Kier alpha value is -2.50. The number of aromatic nitrogens is 5. The molecule has 3 aromatic heterocycles. The number of Topliss-reactive ketones (excluding diaryl/α,β-unsaturated/α-hetero) is 1. The third-order valence-corrected chi connectivity index (χ3v) is 4.20. The Morgan fingerprint density at radius 2 is 2.13 bits per heavy atom. The molecule has 0 aliphatic heterocycles. The van der Waals surface area contributed by atoms with Crippen LogP contribution in [0.5, 0.6) is 0 Å². The number of hydrogen-bond acceptors (Lipinski definition) is 4. The van der Waals surface area contributed by atoms with Crippen LogP contribution in [0.15, 0.2) is 30.7 Å². The fraction of sp³-hybridized carbons (Fsp3) is 0.412. The number of pyridine rings is 1. The molecule has 0 unspecified atom stereocenters. The molecule has 0 N–H and O–H groups in total. The van der Waals surface area contributed by atoms with Gasteiger partial charge in [-0.25, -0.2) is 9.67 Å². The lowest BCUT2D eigenvalue weighted by Crippen LogP contribution is -2.01. The van der Waals surface area contributed by atoms with E-state index in [4.69, 9.17) is 0 Å². The van der Waals surface area contributed by atoms with E-state index in [1.807, 2.05) is 13.1 Å². The van der Waals surface area contributed by atoms with Gasteiger partial charge in [0.2, 0.25) is 0 Å². The zero-order valence-electron chi connectivity index (χ0n) is 13.1. The van der Waals surface area contributed by atoms with Crippen LogP contribution < -0.4 is 0 Å². The van der Waals surface area contributed by atoms with E-state index in [1.54, 1.807) is 10.9 Å². The Kier molecular flexibility index (Phi) is 3.44. The summed E-state index contributed by atoms with van der Waals surface area (Å²) in [5.74, 6) is 0.774. The van der Waals surface area contributed by atoms with Crippen molar-refractivity contribution < 1.29 is 4.79 Å². The molecule has 1 saturated carbocycles. The van der Waals surface area contributed by atoms with Gasteiger partial charge in [0, 0.05) is 18.8 Å². The summed E-state index contributed by atoms with van der Waals surface area (Å²) in [5, 5.41) is 8.00. The minimum atomic E-state index is 0.0443. The van der Waals surface area contributed by atoms with Gasteiger partial charge in [-0.05, 0) is 36.8 Å². The van der Waals surface area contributed by atoms with Crippen molar-refractivity contribution in [1.29, 1.82) is 0 Å². The van der Waals surface area contributed by atoms with E-state index >= 15 is 0 Å². The molecule has 1 fully saturated rings. The number of hydrogen-bond donors (Lipinski definition) is 0. The summed E-state index contributed by atoms with van der Waals surface area (Å²) < 4.78 is 3.75. The summed E-state index contributed by atoms with van der Waals surface area (Å²) in [5.41, 5.74) is 3.67. The Labute approximate surface area is 134 Å². The molecule has 6 heteroatoms. The smallest absolute Gasteiger partial charge is 0.184 e. The average molecular weight is 309 g/mol. The minimum Gasteiger partial charge on any atom is -0.306 e. The van der Waals surface area contributed by atoms with Crippen LogP contribution >= 0.6 is 0 Å². The van der Waals surface area contributed by atoms with E-state index in [1.165, 1.54) is 18.4 Å². The summed E-state index contributed by atoms with van der Waals surface area (Å²) in [6.07, 6.45) is 9.81. The Morgan fingerprint density at radius 3 is 2.91 bits per heavy atom. The Balaban J connectivity index is 1.54. The van der Waals surface area contributed by atoms with Gasteiger partial charge < -0.3 is 4.40 Å². The Morgan fingerprint density at radius 1 is 1.26 bits per heavy atom. The lowest BCUT2D eigenvalue weighted by Gasteiger charge is -1.98. The first-order valence-corrected chi connectivity index (χ1v) is 8.14. The lowest BCUT2D eigenvalue weighted by atomic mass is 10.2. The SMILES string of the molecule is CCCC(=O)c1cn(Cc2cn3cc(C4CC4)ccc3n2)nn1. The van der Waals surface area contributed by atoms with Gasteiger partial charge >= 0.3 is 0 Å². The number of nitrogens with zero attached hydrogens (tertiary/aromatic N) is 5. The van der Waals surface area contributed by atoms with E-state index in [2.05, 4.69) is 38.0 Å². The molecule has 23 heavy (non-hydrogen) atoms. The van der Waals surface area contributed by atoms with Crippen LogP contribution in [0.4, 0.5) is 0 Å². The molecular weight excluding hydrogens is 290 g/mol. The maximum absolute atomic E-state index is 11.8. The second-order valence-corrected chi connectivity index (χ2v) is 6.21. The number of rotatable bonds is 6. The van der Waals surface area contributed by atoms with Crippen LogP contribution in [0.3, 0.4) is 0 Å². The van der Waals surface area contributed by atoms with Crippen LogP contribution in [0, 0.1) is 0 Å². The van der Waals surface area contributed by atoms with Gasteiger partial charge in [0.25, 0.3) is 0 Å². The maximum Gasteiger partial charge on any atom is 0.184 e. The zero-order valence-corrected chi connectivity index (χ0v) is 13.1. The highest BCUT2D eigenvalue weighted by Gasteiger charge is 2.23. The van der Waals surface area contributed by atoms with Crippen molar-refractivity contribution in [3.05, 3.63) is 47.7 Å². The second-order valence-electron chi connectivity index (χ2n) is 6.21. The highest BCUT2D eigenvalue weighted by atomic mass is 16.1. The molecule has 3 aromatic rings. The predicted octanol–water partition coefficient (Wildman–Crippen LogP) is 2.83. The molecular formula is C17H19N5O. The summed E-state index contributed by atoms with van der Waals surface area (Å²) in [6.45, 7) is 2.50. The molecule has 0 amide bonds. The number of ketones is 1. The molecule has 0 atom stereocenters. The number of fused-ring (bicyclic) bond motifs is 1. The molecule has 6 nitrogen and oxygen atoms in total. The van der Waals surface area contributed by atoms with Crippen LogP contribution in [0.1, 0.15) is 60.3 Å². The molecule has 0 spiro atoms. The molecule has 4 rings (SSSR count). The quantitative estimate of drug-likeness (QED) is 0.657. The van der Waals surface area contributed by atoms with Gasteiger partial charge in [-0.15, -0.1) is 5.10 Å². The zero-order chi connectivity index (χ0) is 15.8. The van der Waals surface area contributed by atoms with Crippen molar-refractivity contribution in [2.75, 3.05) is 0 Å². The lowest BCUT2D eigenvalue weighted by molar-refractivity contribution is 0.0977. The van der Waals surface area contributed by atoms with E-state index in [-0.39, 0.29) is 5.78 Å². The molecule has 0 radical (unpaired) electrons. The fourth-order valence-electron chi connectivity index (χ4n) is 2.82. The number of carbonyl (C=O) groups excluding carboxylic acids is 1. The van der Waals surface area contributed by atoms with Gasteiger partial charge in [0.15, 0.2) is 5.78 Å². The molecule has 118 valence electrons. The van der Waals surface area contributed by atoms with Gasteiger partial charge in [-0.2, -0.15) is 0 Å². The van der Waals surface area contributed by atoms with Crippen LogP contribution in [-0.2, 0) is 6.54 Å². The topological polar surface area (TPSA) is 65.1 Å². The van der Waals surface area contributed by atoms with Gasteiger partial charge in [0.05, 0.1) is 18.4 Å². The minimum absolute atomic E-state index is 0.0443. The molecule has 0 saturated heterocycles. The molecule has 0 bridgehead atoms. The predicted molar refractivity (Wildman–Crippen MR) is 85.5 cm³/mol. The molecule has 0 aromatic carbocycles. The fourth-order valence-corrected chi connectivity index (χ4v) is 2.82. The average Bonchev–Trinajstić information content (AvgIpc) is 3.15. The standard InChI is InChI=1S/C17H19N5O/c1-2-3-16(23)15-11-22(20-19-15)10-14-9-21-8-13(12-4-5-12)6-7-17(21)18-14/h6-9,11-12H,2-5,10H2,1H3. The van der Waals surface area contributed by atoms with E-state index in [0.717, 1.165) is 23.7 Å². The summed E-state index contributed by atoms with van der Waals surface area (Å²) in [6, 6.07) is 4.23.